The molecule has 0 aliphatic heterocycles. The second-order valence-electron chi connectivity index (χ2n) is 10.7. The molecule has 2 unspecified atom stereocenters. The van der Waals surface area contributed by atoms with Crippen LogP contribution in [0.3, 0.4) is 0 Å². The molecule has 0 fully saturated rings. The first-order valence-electron chi connectivity index (χ1n) is 10.1. The van der Waals surface area contributed by atoms with E-state index < -0.39 is 16.6 Å². The van der Waals surface area contributed by atoms with E-state index in [2.05, 4.69) is 81.6 Å². The van der Waals surface area contributed by atoms with Gasteiger partial charge in [0.15, 0.2) is 8.32 Å². The van der Waals surface area contributed by atoms with E-state index >= 15 is 0 Å². The summed E-state index contributed by atoms with van der Waals surface area (Å²) in [5, 5.41) is 0.362. The van der Waals surface area contributed by atoms with Gasteiger partial charge in [-0.2, -0.15) is 0 Å². The molecule has 0 spiro atoms. The zero-order chi connectivity index (χ0) is 21.3. The SMILES string of the molecule is CC(Oc1cccc(O[Si](C)(C)C(C)(C)C)c1)C(C)O[Si](C)(C)C(C)(C)C. The van der Waals surface area contributed by atoms with Crippen molar-refractivity contribution in [2.24, 2.45) is 0 Å². The molecule has 0 aromatic heterocycles. The molecule has 0 saturated heterocycles. The topological polar surface area (TPSA) is 27.7 Å². The smallest absolute Gasteiger partial charge is 0.250 e. The van der Waals surface area contributed by atoms with Crippen LogP contribution >= 0.6 is 0 Å². The van der Waals surface area contributed by atoms with Crippen molar-refractivity contribution in [2.45, 2.75) is 104 Å². The van der Waals surface area contributed by atoms with Gasteiger partial charge in [-0.15, -0.1) is 0 Å². The summed E-state index contributed by atoms with van der Waals surface area (Å²) < 4.78 is 19.1. The van der Waals surface area contributed by atoms with Gasteiger partial charge in [0.05, 0.1) is 6.10 Å². The normalized spacial score (nSPS) is 16.0. The molecule has 0 heterocycles. The minimum Gasteiger partial charge on any atom is -0.543 e. The average molecular weight is 411 g/mol. The van der Waals surface area contributed by atoms with Gasteiger partial charge in [0, 0.05) is 6.07 Å². The number of ether oxygens (including phenoxy) is 1. The minimum atomic E-state index is -1.86. The molecule has 0 amide bonds. The lowest BCUT2D eigenvalue weighted by Crippen LogP contribution is -2.46. The highest BCUT2D eigenvalue weighted by atomic mass is 28.4. The lowest BCUT2D eigenvalue weighted by Gasteiger charge is -2.39. The summed E-state index contributed by atoms with van der Waals surface area (Å²) in [6.07, 6.45) is 0.0121. The first kappa shape index (κ1) is 24.3. The Hall–Kier alpha value is -0.786. The quantitative estimate of drug-likeness (QED) is 0.443. The van der Waals surface area contributed by atoms with Gasteiger partial charge in [-0.1, -0.05) is 47.6 Å². The Labute approximate surface area is 170 Å². The lowest BCUT2D eigenvalue weighted by atomic mass is 10.2. The minimum absolute atomic E-state index is 0.0257. The van der Waals surface area contributed by atoms with E-state index in [4.69, 9.17) is 13.6 Å². The van der Waals surface area contributed by atoms with Crippen molar-refractivity contribution in [1.29, 1.82) is 0 Å². The van der Waals surface area contributed by atoms with E-state index in [9.17, 15) is 0 Å². The summed E-state index contributed by atoms with van der Waals surface area (Å²) in [6.45, 7) is 26.8. The van der Waals surface area contributed by atoms with Gasteiger partial charge in [-0.3, -0.25) is 0 Å². The maximum absolute atomic E-state index is 6.48. The Bertz CT molecular complexity index is 613. The van der Waals surface area contributed by atoms with Crippen LogP contribution in [-0.2, 0) is 4.43 Å². The highest BCUT2D eigenvalue weighted by Gasteiger charge is 2.40. The highest BCUT2D eigenvalue weighted by molar-refractivity contribution is 6.75. The summed E-state index contributed by atoms with van der Waals surface area (Å²) in [6, 6.07) is 8.03. The van der Waals surface area contributed by atoms with Crippen molar-refractivity contribution < 1.29 is 13.6 Å². The molecule has 0 saturated carbocycles. The van der Waals surface area contributed by atoms with E-state index in [1.54, 1.807) is 0 Å². The first-order valence-corrected chi connectivity index (χ1v) is 15.9. The third kappa shape index (κ3) is 6.65. The Morgan fingerprint density at radius 2 is 1.22 bits per heavy atom. The first-order chi connectivity index (χ1) is 12.0. The maximum atomic E-state index is 6.48. The van der Waals surface area contributed by atoms with E-state index in [-0.39, 0.29) is 22.3 Å². The number of benzene rings is 1. The van der Waals surface area contributed by atoms with Crippen molar-refractivity contribution in [3.8, 4) is 11.5 Å². The van der Waals surface area contributed by atoms with Crippen molar-refractivity contribution in [3.05, 3.63) is 24.3 Å². The molecule has 5 heteroatoms. The summed E-state index contributed by atoms with van der Waals surface area (Å²) in [5.41, 5.74) is 0. The third-order valence-corrected chi connectivity index (χ3v) is 15.2. The number of rotatable bonds is 7. The summed E-state index contributed by atoms with van der Waals surface area (Å²) in [4.78, 5) is 0. The molecule has 2 atom stereocenters. The van der Waals surface area contributed by atoms with E-state index in [0.29, 0.717) is 0 Å². The maximum Gasteiger partial charge on any atom is 0.250 e. The molecule has 3 nitrogen and oxygen atoms in total. The molecule has 27 heavy (non-hydrogen) atoms. The van der Waals surface area contributed by atoms with Crippen LogP contribution in [0.2, 0.25) is 36.3 Å². The molecule has 1 aromatic rings. The molecule has 0 aliphatic rings. The van der Waals surface area contributed by atoms with Crippen LogP contribution in [0, 0.1) is 0 Å². The van der Waals surface area contributed by atoms with Crippen LogP contribution in [0.25, 0.3) is 0 Å². The van der Waals surface area contributed by atoms with Gasteiger partial charge >= 0.3 is 0 Å². The average Bonchev–Trinajstić information content (AvgIpc) is 2.44. The van der Waals surface area contributed by atoms with Gasteiger partial charge in [-0.25, -0.2) is 0 Å². The van der Waals surface area contributed by atoms with Crippen molar-refractivity contribution in [2.75, 3.05) is 0 Å². The molecule has 1 rings (SSSR count). The van der Waals surface area contributed by atoms with Gasteiger partial charge < -0.3 is 13.6 Å². The Balaban J connectivity index is 2.83. The second-order valence-corrected chi connectivity index (χ2v) is 20.2. The zero-order valence-corrected chi connectivity index (χ0v) is 21.7. The van der Waals surface area contributed by atoms with Crippen molar-refractivity contribution in [1.82, 2.24) is 0 Å². The predicted molar refractivity (Wildman–Crippen MR) is 122 cm³/mol. The number of hydrogen-bond acceptors (Lipinski definition) is 3. The molecular weight excluding hydrogens is 368 g/mol. The van der Waals surface area contributed by atoms with Crippen LogP contribution in [0.4, 0.5) is 0 Å². The standard InChI is InChI=1S/C22H42O3Si2/c1-17(18(2)24-26(9,10)21(3,4)5)23-19-14-13-15-20(16-19)25-27(11,12)22(6,7)8/h13-18H,1-12H3. The fraction of sp³-hybridized carbons (Fsp3) is 0.727. The predicted octanol–water partition coefficient (Wildman–Crippen LogP) is 7.25. The Morgan fingerprint density at radius 3 is 1.70 bits per heavy atom. The zero-order valence-electron chi connectivity index (χ0n) is 19.7. The van der Waals surface area contributed by atoms with Crippen LogP contribution in [0.1, 0.15) is 55.4 Å². The monoisotopic (exact) mass is 410 g/mol. The fourth-order valence-corrected chi connectivity index (χ4v) is 4.60. The van der Waals surface area contributed by atoms with E-state index in [0.717, 1.165) is 11.5 Å². The largest absolute Gasteiger partial charge is 0.543 e. The highest BCUT2D eigenvalue weighted by Crippen LogP contribution is 2.39. The summed E-state index contributed by atoms with van der Waals surface area (Å²) in [7, 11) is -3.67. The van der Waals surface area contributed by atoms with E-state index in [1.807, 2.05) is 24.3 Å². The van der Waals surface area contributed by atoms with Crippen LogP contribution < -0.4 is 9.16 Å². The summed E-state index contributed by atoms with van der Waals surface area (Å²) in [5.74, 6) is 1.73. The van der Waals surface area contributed by atoms with Gasteiger partial charge in [0.25, 0.3) is 0 Å². The molecule has 0 bridgehead atoms. The lowest BCUT2D eigenvalue weighted by molar-refractivity contribution is 0.0677. The van der Waals surface area contributed by atoms with Gasteiger partial charge in [0.2, 0.25) is 8.32 Å². The molecule has 0 N–H and O–H groups in total. The molecule has 1 aromatic carbocycles. The fourth-order valence-electron chi connectivity index (χ4n) is 2.11. The Kier molecular flexibility index (Phi) is 7.45. The third-order valence-electron chi connectivity index (χ3n) is 6.25. The molecule has 0 aliphatic carbocycles. The second kappa shape index (κ2) is 8.30. The van der Waals surface area contributed by atoms with Gasteiger partial charge in [0.1, 0.15) is 17.6 Å². The van der Waals surface area contributed by atoms with Crippen LogP contribution in [0.15, 0.2) is 24.3 Å². The van der Waals surface area contributed by atoms with Crippen LogP contribution in [-0.4, -0.2) is 28.8 Å². The number of hydrogen-bond donors (Lipinski definition) is 0. The van der Waals surface area contributed by atoms with Crippen molar-refractivity contribution in [3.63, 3.8) is 0 Å². The summed E-state index contributed by atoms with van der Waals surface area (Å²) >= 11 is 0. The molecule has 156 valence electrons. The van der Waals surface area contributed by atoms with Crippen molar-refractivity contribution >= 4 is 16.6 Å². The van der Waals surface area contributed by atoms with Crippen LogP contribution in [0.5, 0.6) is 11.5 Å². The van der Waals surface area contributed by atoms with Gasteiger partial charge in [-0.05, 0) is 62.2 Å². The Morgan fingerprint density at radius 1 is 0.741 bits per heavy atom. The molecular formula is C22H42O3Si2. The molecule has 0 radical (unpaired) electrons. The van der Waals surface area contributed by atoms with E-state index in [1.165, 1.54) is 0 Å².